The Bertz CT molecular complexity index is 490. The summed E-state index contributed by atoms with van der Waals surface area (Å²) in [6.07, 6.45) is 1.79. The van der Waals surface area contributed by atoms with Gasteiger partial charge >= 0.3 is 12.1 Å². The molecule has 2 heterocycles. The lowest BCUT2D eigenvalue weighted by Crippen LogP contribution is -2.36. The van der Waals surface area contributed by atoms with Crippen LogP contribution in [0.4, 0.5) is 4.79 Å². The van der Waals surface area contributed by atoms with Crippen LogP contribution in [-0.2, 0) is 4.74 Å². The number of hydrogen-bond donors (Lipinski definition) is 0. The smallest absolute Gasteiger partial charge is 0.410 e. The summed E-state index contributed by atoms with van der Waals surface area (Å²) in [6, 6.07) is 1.81. The molecule has 7 heteroatoms. The Morgan fingerprint density at radius 2 is 2.25 bits per heavy atom. The Morgan fingerprint density at radius 1 is 1.50 bits per heavy atom. The van der Waals surface area contributed by atoms with Gasteiger partial charge in [0.15, 0.2) is 0 Å². The molecular weight excluding hydrogens is 282 g/mol. The number of hydrogen-bond acceptors (Lipinski definition) is 5. The van der Waals surface area contributed by atoms with Gasteiger partial charge in [0.2, 0.25) is 0 Å². The highest BCUT2D eigenvalue weighted by Gasteiger charge is 2.31. The Labute approximate surface area is 123 Å². The van der Waals surface area contributed by atoms with Gasteiger partial charge < -0.3 is 14.4 Å². The number of carbonyl (C=O) groups excluding carboxylic acids is 1. The van der Waals surface area contributed by atoms with E-state index in [2.05, 4.69) is 9.97 Å². The van der Waals surface area contributed by atoms with Crippen molar-refractivity contribution >= 4 is 17.7 Å². The van der Waals surface area contributed by atoms with Crippen LogP contribution in [0.15, 0.2) is 12.3 Å². The number of nitrogens with zero attached hydrogens (tertiary/aromatic N) is 3. The van der Waals surface area contributed by atoms with Crippen LogP contribution in [0.1, 0.15) is 27.2 Å². The van der Waals surface area contributed by atoms with Crippen molar-refractivity contribution in [2.45, 2.75) is 38.9 Å². The molecule has 1 saturated heterocycles. The summed E-state index contributed by atoms with van der Waals surface area (Å²) in [6.45, 7) is 6.59. The second-order valence-corrected chi connectivity index (χ2v) is 6.00. The SMILES string of the molecule is CC(C)(C)OC(=O)N1CC[C@@H](Oc2nccc(Cl)n2)C1. The molecule has 1 atom stereocenters. The van der Waals surface area contributed by atoms with Crippen molar-refractivity contribution in [3.63, 3.8) is 0 Å². The van der Waals surface area contributed by atoms with Crippen LogP contribution >= 0.6 is 11.6 Å². The zero-order chi connectivity index (χ0) is 14.8. The Hall–Kier alpha value is -1.56. The van der Waals surface area contributed by atoms with Crippen LogP contribution < -0.4 is 4.74 Å². The van der Waals surface area contributed by atoms with Crippen LogP contribution in [0.25, 0.3) is 0 Å². The number of ether oxygens (including phenoxy) is 2. The largest absolute Gasteiger partial charge is 0.458 e. The summed E-state index contributed by atoms with van der Waals surface area (Å²) in [4.78, 5) is 21.5. The van der Waals surface area contributed by atoms with Crippen molar-refractivity contribution in [1.82, 2.24) is 14.9 Å². The van der Waals surface area contributed by atoms with Gasteiger partial charge in [-0.05, 0) is 26.8 Å². The number of amides is 1. The van der Waals surface area contributed by atoms with Crippen LogP contribution in [0.3, 0.4) is 0 Å². The minimum absolute atomic E-state index is 0.138. The van der Waals surface area contributed by atoms with Gasteiger partial charge in [0, 0.05) is 19.2 Å². The first-order chi connectivity index (χ1) is 9.33. The van der Waals surface area contributed by atoms with E-state index < -0.39 is 5.60 Å². The summed E-state index contributed by atoms with van der Waals surface area (Å²) in [5.74, 6) is 0. The molecule has 2 rings (SSSR count). The maximum Gasteiger partial charge on any atom is 0.410 e. The van der Waals surface area contributed by atoms with Crippen LogP contribution in [-0.4, -0.2) is 45.8 Å². The van der Waals surface area contributed by atoms with E-state index in [-0.39, 0.29) is 18.2 Å². The van der Waals surface area contributed by atoms with Crippen molar-refractivity contribution in [3.05, 3.63) is 17.4 Å². The van der Waals surface area contributed by atoms with Crippen LogP contribution in [0.5, 0.6) is 6.01 Å². The zero-order valence-corrected chi connectivity index (χ0v) is 12.6. The molecule has 6 nitrogen and oxygen atoms in total. The lowest BCUT2D eigenvalue weighted by Gasteiger charge is -2.24. The van der Waals surface area contributed by atoms with Crippen LogP contribution in [0, 0.1) is 0 Å². The molecule has 0 spiro atoms. The minimum Gasteiger partial charge on any atom is -0.458 e. The molecule has 0 saturated carbocycles. The lowest BCUT2D eigenvalue weighted by atomic mass is 10.2. The van der Waals surface area contributed by atoms with E-state index in [0.717, 1.165) is 6.42 Å². The highest BCUT2D eigenvalue weighted by Crippen LogP contribution is 2.18. The highest BCUT2D eigenvalue weighted by molar-refractivity contribution is 6.29. The van der Waals surface area contributed by atoms with Gasteiger partial charge in [-0.15, -0.1) is 0 Å². The third-order valence-electron chi connectivity index (χ3n) is 2.67. The molecule has 1 aliphatic rings. The number of carbonyl (C=O) groups is 1. The fourth-order valence-electron chi connectivity index (χ4n) is 1.84. The molecule has 0 radical (unpaired) electrons. The number of rotatable bonds is 2. The lowest BCUT2D eigenvalue weighted by molar-refractivity contribution is 0.0274. The van der Waals surface area contributed by atoms with E-state index in [4.69, 9.17) is 21.1 Å². The van der Waals surface area contributed by atoms with Gasteiger partial charge in [-0.1, -0.05) is 11.6 Å². The molecule has 1 aromatic rings. The molecule has 1 amide bonds. The quantitative estimate of drug-likeness (QED) is 0.785. The fourth-order valence-corrected chi connectivity index (χ4v) is 1.97. The molecule has 0 N–H and O–H groups in total. The van der Waals surface area contributed by atoms with Crippen LogP contribution in [0.2, 0.25) is 5.15 Å². The Balaban J connectivity index is 1.88. The van der Waals surface area contributed by atoms with E-state index in [1.165, 1.54) is 6.20 Å². The van der Waals surface area contributed by atoms with Crippen molar-refractivity contribution in [2.75, 3.05) is 13.1 Å². The highest BCUT2D eigenvalue weighted by atomic mass is 35.5. The van der Waals surface area contributed by atoms with E-state index in [9.17, 15) is 4.79 Å². The number of aromatic nitrogens is 2. The molecule has 0 aliphatic carbocycles. The maximum absolute atomic E-state index is 11.9. The molecule has 1 aliphatic heterocycles. The second-order valence-electron chi connectivity index (χ2n) is 5.62. The molecule has 0 aromatic carbocycles. The fraction of sp³-hybridized carbons (Fsp3) is 0.615. The first-order valence-electron chi connectivity index (χ1n) is 6.46. The summed E-state index contributed by atoms with van der Waals surface area (Å²) in [5.41, 5.74) is -0.494. The first-order valence-corrected chi connectivity index (χ1v) is 6.84. The minimum atomic E-state index is -0.494. The van der Waals surface area contributed by atoms with E-state index in [0.29, 0.717) is 18.2 Å². The second kappa shape index (κ2) is 5.83. The first kappa shape index (κ1) is 14.8. The molecule has 1 fully saturated rings. The summed E-state index contributed by atoms with van der Waals surface area (Å²) in [5, 5.41) is 0.331. The normalized spacial score (nSPS) is 19.0. The van der Waals surface area contributed by atoms with Crippen molar-refractivity contribution < 1.29 is 14.3 Å². The van der Waals surface area contributed by atoms with Gasteiger partial charge in [-0.3, -0.25) is 0 Å². The summed E-state index contributed by atoms with van der Waals surface area (Å²) in [7, 11) is 0. The van der Waals surface area contributed by atoms with Gasteiger partial charge in [0.1, 0.15) is 16.9 Å². The Morgan fingerprint density at radius 3 is 2.90 bits per heavy atom. The Kier molecular flexibility index (Phi) is 4.32. The zero-order valence-electron chi connectivity index (χ0n) is 11.8. The molecular formula is C13H18ClN3O3. The van der Waals surface area contributed by atoms with Gasteiger partial charge in [0.05, 0.1) is 6.54 Å². The molecule has 0 bridgehead atoms. The number of halogens is 1. The van der Waals surface area contributed by atoms with Crippen molar-refractivity contribution in [3.8, 4) is 6.01 Å². The predicted molar refractivity (Wildman–Crippen MR) is 73.9 cm³/mol. The molecule has 0 unspecified atom stereocenters. The van der Waals surface area contributed by atoms with E-state index in [1.807, 2.05) is 20.8 Å². The van der Waals surface area contributed by atoms with Crippen molar-refractivity contribution in [2.24, 2.45) is 0 Å². The van der Waals surface area contributed by atoms with E-state index in [1.54, 1.807) is 11.0 Å². The monoisotopic (exact) mass is 299 g/mol. The number of likely N-dealkylation sites (tertiary alicyclic amines) is 1. The maximum atomic E-state index is 11.9. The third-order valence-corrected chi connectivity index (χ3v) is 2.88. The topological polar surface area (TPSA) is 64.5 Å². The van der Waals surface area contributed by atoms with Crippen molar-refractivity contribution in [1.29, 1.82) is 0 Å². The predicted octanol–water partition coefficient (Wildman–Crippen LogP) is 2.52. The molecule has 1 aromatic heterocycles. The molecule has 110 valence electrons. The van der Waals surface area contributed by atoms with Gasteiger partial charge in [-0.25, -0.2) is 9.78 Å². The average molecular weight is 300 g/mol. The van der Waals surface area contributed by atoms with Gasteiger partial charge in [0.25, 0.3) is 0 Å². The average Bonchev–Trinajstić information content (AvgIpc) is 2.75. The van der Waals surface area contributed by atoms with E-state index >= 15 is 0 Å². The molecule has 20 heavy (non-hydrogen) atoms. The van der Waals surface area contributed by atoms with Gasteiger partial charge in [-0.2, -0.15) is 4.98 Å². The third kappa shape index (κ3) is 4.23. The summed E-state index contributed by atoms with van der Waals surface area (Å²) < 4.78 is 10.9. The standard InChI is InChI=1S/C13H18ClN3O3/c1-13(2,3)20-12(18)17-7-5-9(8-17)19-11-15-6-4-10(14)16-11/h4,6,9H,5,7-8H2,1-3H3/t9-/m1/s1. The summed E-state index contributed by atoms with van der Waals surface area (Å²) >= 11 is 5.77.